The lowest BCUT2D eigenvalue weighted by Gasteiger charge is -2.51. The topological polar surface area (TPSA) is 118 Å². The zero-order chi connectivity index (χ0) is 31.1. The number of aliphatic hydroxyl groups is 1. The average molecular weight is 623 g/mol. The molecule has 0 radical (unpaired) electrons. The van der Waals surface area contributed by atoms with Crippen LogP contribution >= 0.6 is 0 Å². The van der Waals surface area contributed by atoms with Crippen LogP contribution in [0.3, 0.4) is 0 Å². The molecule has 11 heteroatoms. The minimum Gasteiger partial charge on any atom is -0.438 e. The van der Waals surface area contributed by atoms with Crippen LogP contribution in [0.4, 0.5) is 0 Å². The molecule has 9 nitrogen and oxygen atoms in total. The molecule has 2 aliphatic rings. The number of rotatable bonds is 14. The van der Waals surface area contributed by atoms with E-state index in [2.05, 4.69) is 25.6 Å². The summed E-state index contributed by atoms with van der Waals surface area (Å²) in [6.07, 6.45) is 7.89. The Hall–Kier alpha value is -2.04. The number of benzene rings is 1. The molecule has 0 saturated heterocycles. The number of hydrogen-bond acceptors (Lipinski definition) is 9. The van der Waals surface area contributed by atoms with Gasteiger partial charge in [-0.2, -0.15) is 8.42 Å². The van der Waals surface area contributed by atoms with E-state index in [0.717, 1.165) is 11.6 Å². The molecule has 234 valence electrons. The molecule has 1 aromatic carbocycles. The molecule has 1 saturated carbocycles. The number of aliphatic hydroxyl groups excluding tert-OH is 1. The van der Waals surface area contributed by atoms with Crippen molar-refractivity contribution in [1.82, 2.24) is 0 Å². The summed E-state index contributed by atoms with van der Waals surface area (Å²) in [4.78, 5) is 13.8. The van der Waals surface area contributed by atoms with Gasteiger partial charge in [-0.3, -0.25) is 8.98 Å². The molecule has 3 rings (SSSR count). The molecule has 0 unspecified atom stereocenters. The summed E-state index contributed by atoms with van der Waals surface area (Å²) in [5.41, 5.74) is 0.438. The third kappa shape index (κ3) is 8.32. The highest BCUT2D eigenvalue weighted by molar-refractivity contribution is 7.86. The van der Waals surface area contributed by atoms with Crippen molar-refractivity contribution in [2.75, 3.05) is 40.5 Å². The molecule has 0 heterocycles. The normalized spacial score (nSPS) is 28.0. The molecule has 0 aromatic heterocycles. The molecule has 0 amide bonds. The third-order valence-corrected chi connectivity index (χ3v) is 11.4. The minimum absolute atomic E-state index is 0.0324. The number of terminal acetylenes is 1. The first-order valence-electron chi connectivity index (χ1n) is 14.4. The number of methoxy groups -OCH3 is 1. The van der Waals surface area contributed by atoms with Crippen LogP contribution in [-0.4, -0.2) is 74.2 Å². The van der Waals surface area contributed by atoms with Gasteiger partial charge in [-0.25, -0.2) is 0 Å². The number of hydrogen-bond donors (Lipinski definition) is 1. The molecule has 42 heavy (non-hydrogen) atoms. The smallest absolute Gasteiger partial charge is 0.315 e. The number of esters is 1. The van der Waals surface area contributed by atoms with Crippen LogP contribution in [0.2, 0.25) is 25.7 Å². The van der Waals surface area contributed by atoms with Crippen LogP contribution < -0.4 is 0 Å². The van der Waals surface area contributed by atoms with Gasteiger partial charge in [0, 0.05) is 33.6 Å². The molecule has 0 spiro atoms. The van der Waals surface area contributed by atoms with E-state index in [1.807, 2.05) is 13.0 Å². The van der Waals surface area contributed by atoms with Crippen molar-refractivity contribution in [3.8, 4) is 12.3 Å². The molecule has 0 bridgehead atoms. The highest BCUT2D eigenvalue weighted by Gasteiger charge is 2.57. The van der Waals surface area contributed by atoms with Crippen molar-refractivity contribution in [1.29, 1.82) is 0 Å². The second-order valence-corrected chi connectivity index (χ2v) is 19.9. The van der Waals surface area contributed by atoms with Crippen molar-refractivity contribution >= 4 is 24.2 Å². The summed E-state index contributed by atoms with van der Waals surface area (Å²) in [6.45, 7) is 10.7. The zero-order valence-corrected chi connectivity index (χ0v) is 27.4. The predicted octanol–water partition coefficient (Wildman–Crippen LogP) is 4.38. The Labute approximate surface area is 252 Å². The Bertz CT molecular complexity index is 1230. The summed E-state index contributed by atoms with van der Waals surface area (Å²) >= 11 is 0. The van der Waals surface area contributed by atoms with E-state index in [9.17, 15) is 18.3 Å². The largest absolute Gasteiger partial charge is 0.438 e. The first-order chi connectivity index (χ1) is 19.7. The number of ether oxygens (including phenoxy) is 4. The van der Waals surface area contributed by atoms with Crippen molar-refractivity contribution in [3.63, 3.8) is 0 Å². The molecule has 6 atom stereocenters. The molecular weight excluding hydrogens is 576 g/mol. The van der Waals surface area contributed by atoms with E-state index in [-0.39, 0.29) is 37.6 Å². The maximum absolute atomic E-state index is 13.7. The minimum atomic E-state index is -4.00. The van der Waals surface area contributed by atoms with Crippen molar-refractivity contribution in [2.45, 2.75) is 63.4 Å². The van der Waals surface area contributed by atoms with Gasteiger partial charge in [0.2, 0.25) is 0 Å². The fourth-order valence-corrected chi connectivity index (χ4v) is 7.63. The SMILES string of the molecule is C#C[C@H]1C(COCOC)=C[C@H]2[C@H](O)[C@@H](COS(=O)(=O)c3ccc(C)cc3)CC[C@@H]2[C@@]1(C)C(=O)OCOCC[Si](C)(C)C. The second kappa shape index (κ2) is 14.6. The van der Waals surface area contributed by atoms with E-state index in [1.54, 1.807) is 19.1 Å². The van der Waals surface area contributed by atoms with Gasteiger partial charge < -0.3 is 24.1 Å². The van der Waals surface area contributed by atoms with Gasteiger partial charge in [0.25, 0.3) is 10.1 Å². The first kappa shape index (κ1) is 34.4. The fourth-order valence-electron chi connectivity index (χ4n) is 5.91. The van der Waals surface area contributed by atoms with Crippen LogP contribution in [0.15, 0.2) is 40.8 Å². The monoisotopic (exact) mass is 622 g/mol. The maximum Gasteiger partial charge on any atom is 0.315 e. The van der Waals surface area contributed by atoms with Gasteiger partial charge in [0.1, 0.15) is 6.79 Å². The van der Waals surface area contributed by atoms with Gasteiger partial charge in [-0.15, -0.1) is 6.42 Å². The molecule has 1 aromatic rings. The third-order valence-electron chi connectivity index (χ3n) is 8.43. The Morgan fingerprint density at radius 1 is 1.14 bits per heavy atom. The van der Waals surface area contributed by atoms with E-state index >= 15 is 0 Å². The molecule has 0 aliphatic heterocycles. The second-order valence-electron chi connectivity index (χ2n) is 12.7. The lowest BCUT2D eigenvalue weighted by Crippen LogP contribution is -2.55. The fraction of sp³-hybridized carbons (Fsp3) is 0.645. The Morgan fingerprint density at radius 3 is 2.45 bits per heavy atom. The van der Waals surface area contributed by atoms with Crippen molar-refractivity contribution < 1.29 is 41.4 Å². The average Bonchev–Trinajstić information content (AvgIpc) is 2.92. The summed E-state index contributed by atoms with van der Waals surface area (Å²) in [5, 5.41) is 11.5. The van der Waals surface area contributed by atoms with Gasteiger partial charge >= 0.3 is 5.97 Å². The van der Waals surface area contributed by atoms with Crippen LogP contribution in [0, 0.1) is 48.4 Å². The lowest BCUT2D eigenvalue weighted by molar-refractivity contribution is -0.179. The summed E-state index contributed by atoms with van der Waals surface area (Å²) in [7, 11) is -3.79. The number of carbonyl (C=O) groups is 1. The standard InChI is InChI=1S/C31H46O9SSi/c1-8-27-24(18-38-20-36-4)17-26-28(31(27,3)30(33)39-21-37-15-16-42(5,6)7)14-11-23(29(26)32)19-40-41(34,35)25-12-9-22(2)10-13-25/h1,9-10,12-13,17,23,26-29,32H,11,14-16,18-21H2,2-7H3/t23-,26-,27+,28+,29-,31+/m1/s1. The quantitative estimate of drug-likeness (QED) is 0.0614. The van der Waals surface area contributed by atoms with Crippen molar-refractivity contribution in [2.24, 2.45) is 29.1 Å². The Kier molecular flexibility index (Phi) is 12.0. The van der Waals surface area contributed by atoms with E-state index in [1.165, 1.54) is 19.2 Å². The summed E-state index contributed by atoms with van der Waals surface area (Å²) in [6, 6.07) is 7.35. The van der Waals surface area contributed by atoms with E-state index in [0.29, 0.717) is 25.0 Å². The number of aryl methyl sites for hydroxylation is 1. The summed E-state index contributed by atoms with van der Waals surface area (Å²) in [5.74, 6) is 0.347. The summed E-state index contributed by atoms with van der Waals surface area (Å²) < 4.78 is 53.0. The van der Waals surface area contributed by atoms with Gasteiger partial charge in [-0.05, 0) is 56.4 Å². The van der Waals surface area contributed by atoms with Crippen LogP contribution in [0.1, 0.15) is 25.3 Å². The predicted molar refractivity (Wildman–Crippen MR) is 161 cm³/mol. The van der Waals surface area contributed by atoms with Gasteiger partial charge in [-0.1, -0.05) is 49.3 Å². The first-order valence-corrected chi connectivity index (χ1v) is 19.5. The van der Waals surface area contributed by atoms with Crippen LogP contribution in [-0.2, 0) is 38.0 Å². The van der Waals surface area contributed by atoms with Gasteiger partial charge in [0.15, 0.2) is 6.79 Å². The number of fused-ring (bicyclic) bond motifs is 1. The van der Waals surface area contributed by atoms with Crippen LogP contribution in [0.25, 0.3) is 0 Å². The molecule has 1 fully saturated rings. The maximum atomic E-state index is 13.7. The van der Waals surface area contributed by atoms with E-state index in [4.69, 9.17) is 29.6 Å². The lowest BCUT2D eigenvalue weighted by atomic mass is 9.52. The highest BCUT2D eigenvalue weighted by Crippen LogP contribution is 2.54. The molecular formula is C31H46O9SSi. The molecule has 2 aliphatic carbocycles. The number of carbonyl (C=O) groups excluding carboxylic acids is 1. The Balaban J connectivity index is 1.80. The van der Waals surface area contributed by atoms with Crippen molar-refractivity contribution in [3.05, 3.63) is 41.5 Å². The van der Waals surface area contributed by atoms with Crippen LogP contribution in [0.5, 0.6) is 0 Å². The zero-order valence-electron chi connectivity index (χ0n) is 25.6. The van der Waals surface area contributed by atoms with E-state index < -0.39 is 53.4 Å². The van der Waals surface area contributed by atoms with Gasteiger partial charge in [0.05, 0.1) is 35.5 Å². The highest BCUT2D eigenvalue weighted by atomic mass is 32.2. The molecule has 1 N–H and O–H groups in total. The Morgan fingerprint density at radius 2 is 1.83 bits per heavy atom.